The molecular formula is C10H22O. The third-order valence-electron chi connectivity index (χ3n) is 2.36. The molecule has 2 atom stereocenters. The van der Waals surface area contributed by atoms with Crippen LogP contribution in [0.4, 0.5) is 0 Å². The van der Waals surface area contributed by atoms with Crippen molar-refractivity contribution in [1.29, 1.82) is 0 Å². The monoisotopic (exact) mass is 158 g/mol. The van der Waals surface area contributed by atoms with Gasteiger partial charge in [-0.1, -0.05) is 27.2 Å². The lowest BCUT2D eigenvalue weighted by Gasteiger charge is -2.14. The Morgan fingerprint density at radius 3 is 2.27 bits per heavy atom. The van der Waals surface area contributed by atoms with Crippen molar-refractivity contribution in [3.8, 4) is 0 Å². The number of aliphatic hydroxyl groups is 1. The molecule has 0 aromatic carbocycles. The Hall–Kier alpha value is -0.0400. The van der Waals surface area contributed by atoms with Gasteiger partial charge in [-0.2, -0.15) is 0 Å². The average Bonchev–Trinajstić information content (AvgIpc) is 2.00. The van der Waals surface area contributed by atoms with Crippen molar-refractivity contribution < 1.29 is 5.11 Å². The molecule has 1 nitrogen and oxygen atoms in total. The molecule has 0 aromatic rings. The van der Waals surface area contributed by atoms with Crippen LogP contribution in [0.5, 0.6) is 0 Å². The van der Waals surface area contributed by atoms with Gasteiger partial charge in [0.2, 0.25) is 0 Å². The minimum Gasteiger partial charge on any atom is -0.396 e. The summed E-state index contributed by atoms with van der Waals surface area (Å²) >= 11 is 0. The summed E-state index contributed by atoms with van der Waals surface area (Å²) in [4.78, 5) is 0. The van der Waals surface area contributed by atoms with Crippen LogP contribution >= 0.6 is 0 Å². The molecule has 0 saturated heterocycles. The van der Waals surface area contributed by atoms with E-state index in [0.29, 0.717) is 6.61 Å². The van der Waals surface area contributed by atoms with Crippen molar-refractivity contribution in [2.75, 3.05) is 6.61 Å². The summed E-state index contributed by atoms with van der Waals surface area (Å²) in [6.07, 6.45) is 4.75. The molecule has 0 saturated carbocycles. The van der Waals surface area contributed by atoms with Gasteiger partial charge in [-0.15, -0.1) is 0 Å². The van der Waals surface area contributed by atoms with Crippen LogP contribution in [-0.4, -0.2) is 11.7 Å². The first-order valence-corrected chi connectivity index (χ1v) is 4.81. The number of hydrogen-bond acceptors (Lipinski definition) is 1. The Balaban J connectivity index is 3.27. The molecule has 0 spiro atoms. The second-order valence-corrected chi connectivity index (χ2v) is 3.72. The zero-order chi connectivity index (χ0) is 8.69. The first-order valence-electron chi connectivity index (χ1n) is 4.81. The van der Waals surface area contributed by atoms with Gasteiger partial charge in [0, 0.05) is 6.61 Å². The topological polar surface area (TPSA) is 20.2 Å². The van der Waals surface area contributed by atoms with E-state index < -0.39 is 0 Å². The number of rotatable bonds is 6. The molecule has 0 amide bonds. The number of hydrogen-bond donors (Lipinski definition) is 1. The van der Waals surface area contributed by atoms with Crippen LogP contribution in [-0.2, 0) is 0 Å². The maximum absolute atomic E-state index is 8.61. The molecule has 0 fully saturated rings. The van der Waals surface area contributed by atoms with Crippen LogP contribution in [0.2, 0.25) is 0 Å². The number of aliphatic hydroxyl groups excluding tert-OH is 1. The predicted octanol–water partition coefficient (Wildman–Crippen LogP) is 2.83. The highest BCUT2D eigenvalue weighted by Gasteiger charge is 2.05. The van der Waals surface area contributed by atoms with Gasteiger partial charge < -0.3 is 5.11 Å². The van der Waals surface area contributed by atoms with Crippen molar-refractivity contribution in [3.05, 3.63) is 0 Å². The second-order valence-electron chi connectivity index (χ2n) is 3.72. The molecule has 0 aliphatic carbocycles. The summed E-state index contributed by atoms with van der Waals surface area (Å²) in [5.41, 5.74) is 0. The SMILES string of the molecule is CC[C@@H](C)C[C@H](C)CCCO. The van der Waals surface area contributed by atoms with Gasteiger partial charge in [-0.25, -0.2) is 0 Å². The molecular weight excluding hydrogens is 136 g/mol. The molecule has 0 heterocycles. The van der Waals surface area contributed by atoms with Crippen molar-refractivity contribution in [2.45, 2.75) is 46.5 Å². The van der Waals surface area contributed by atoms with E-state index in [9.17, 15) is 0 Å². The molecule has 1 heteroatoms. The minimum absolute atomic E-state index is 0.352. The smallest absolute Gasteiger partial charge is 0.0431 e. The van der Waals surface area contributed by atoms with Crippen molar-refractivity contribution >= 4 is 0 Å². The standard InChI is InChI=1S/C10H22O/c1-4-9(2)8-10(3)6-5-7-11/h9-11H,4-8H2,1-3H3/t9-,10-/m1/s1. The first-order chi connectivity index (χ1) is 5.20. The first kappa shape index (κ1) is 11.0. The van der Waals surface area contributed by atoms with Crippen molar-refractivity contribution in [2.24, 2.45) is 11.8 Å². The van der Waals surface area contributed by atoms with Gasteiger partial charge in [0.05, 0.1) is 0 Å². The Morgan fingerprint density at radius 2 is 1.82 bits per heavy atom. The quantitative estimate of drug-likeness (QED) is 0.630. The maximum Gasteiger partial charge on any atom is 0.0431 e. The lowest BCUT2D eigenvalue weighted by atomic mass is 9.92. The van der Waals surface area contributed by atoms with Gasteiger partial charge in [0.1, 0.15) is 0 Å². The second kappa shape index (κ2) is 6.66. The zero-order valence-corrected chi connectivity index (χ0v) is 8.14. The fourth-order valence-corrected chi connectivity index (χ4v) is 1.41. The largest absolute Gasteiger partial charge is 0.396 e. The summed E-state index contributed by atoms with van der Waals surface area (Å²) in [5, 5.41) is 8.61. The lowest BCUT2D eigenvalue weighted by molar-refractivity contribution is 0.265. The molecule has 11 heavy (non-hydrogen) atoms. The molecule has 68 valence electrons. The van der Waals surface area contributed by atoms with Crippen LogP contribution in [0.15, 0.2) is 0 Å². The highest BCUT2D eigenvalue weighted by molar-refractivity contribution is 4.58. The summed E-state index contributed by atoms with van der Waals surface area (Å²) in [5.74, 6) is 1.64. The van der Waals surface area contributed by atoms with E-state index in [1.54, 1.807) is 0 Å². The normalized spacial score (nSPS) is 16.4. The Kier molecular flexibility index (Phi) is 6.63. The molecule has 0 radical (unpaired) electrons. The van der Waals surface area contributed by atoms with E-state index in [-0.39, 0.29) is 0 Å². The zero-order valence-electron chi connectivity index (χ0n) is 8.14. The Morgan fingerprint density at radius 1 is 1.18 bits per heavy atom. The fourth-order valence-electron chi connectivity index (χ4n) is 1.41. The summed E-state index contributed by atoms with van der Waals surface area (Å²) in [6, 6.07) is 0. The molecule has 1 N–H and O–H groups in total. The van der Waals surface area contributed by atoms with E-state index in [0.717, 1.165) is 18.3 Å². The Labute approximate surface area is 70.8 Å². The molecule has 0 aromatic heterocycles. The van der Waals surface area contributed by atoms with E-state index in [2.05, 4.69) is 20.8 Å². The van der Waals surface area contributed by atoms with Crippen molar-refractivity contribution in [1.82, 2.24) is 0 Å². The molecule has 0 bridgehead atoms. The lowest BCUT2D eigenvalue weighted by Crippen LogP contribution is -2.02. The molecule has 0 unspecified atom stereocenters. The maximum atomic E-state index is 8.61. The average molecular weight is 158 g/mol. The van der Waals surface area contributed by atoms with Crippen LogP contribution in [0, 0.1) is 11.8 Å². The molecule has 0 rings (SSSR count). The molecule has 0 aliphatic rings. The third-order valence-corrected chi connectivity index (χ3v) is 2.36. The van der Waals surface area contributed by atoms with Crippen LogP contribution in [0.1, 0.15) is 46.5 Å². The highest BCUT2D eigenvalue weighted by atomic mass is 16.2. The summed E-state index contributed by atoms with van der Waals surface area (Å²) in [6.45, 7) is 7.17. The van der Waals surface area contributed by atoms with Crippen LogP contribution < -0.4 is 0 Å². The van der Waals surface area contributed by atoms with Gasteiger partial charge in [0.25, 0.3) is 0 Å². The van der Waals surface area contributed by atoms with Crippen LogP contribution in [0.25, 0.3) is 0 Å². The Bertz CT molecular complexity index is 80.9. The summed E-state index contributed by atoms with van der Waals surface area (Å²) in [7, 11) is 0. The predicted molar refractivity (Wildman–Crippen MR) is 49.6 cm³/mol. The van der Waals surface area contributed by atoms with Crippen LogP contribution in [0.3, 0.4) is 0 Å². The summed E-state index contributed by atoms with van der Waals surface area (Å²) < 4.78 is 0. The highest BCUT2D eigenvalue weighted by Crippen LogP contribution is 2.18. The van der Waals surface area contributed by atoms with Gasteiger partial charge in [-0.05, 0) is 31.1 Å². The van der Waals surface area contributed by atoms with Gasteiger partial charge >= 0.3 is 0 Å². The third kappa shape index (κ3) is 6.36. The minimum atomic E-state index is 0.352. The van der Waals surface area contributed by atoms with Gasteiger partial charge in [-0.3, -0.25) is 0 Å². The fraction of sp³-hybridized carbons (Fsp3) is 1.00. The van der Waals surface area contributed by atoms with Crippen molar-refractivity contribution in [3.63, 3.8) is 0 Å². The molecule has 0 aliphatic heterocycles. The van der Waals surface area contributed by atoms with E-state index >= 15 is 0 Å². The van der Waals surface area contributed by atoms with E-state index in [1.165, 1.54) is 19.3 Å². The van der Waals surface area contributed by atoms with E-state index in [4.69, 9.17) is 5.11 Å². The van der Waals surface area contributed by atoms with Gasteiger partial charge in [0.15, 0.2) is 0 Å². The van der Waals surface area contributed by atoms with E-state index in [1.807, 2.05) is 0 Å².